The lowest BCUT2D eigenvalue weighted by Gasteiger charge is -2.40. The SMILES string of the molecule is CC(C)c1ccc(CN2CCC[C@]3(CCN(C(=O)c4cnccn4)C3)C2)cc1. The first-order chi connectivity index (χ1) is 13.5. The van der Waals surface area contributed by atoms with Crippen molar-refractivity contribution in [3.8, 4) is 0 Å². The molecule has 2 aliphatic rings. The van der Waals surface area contributed by atoms with Gasteiger partial charge < -0.3 is 4.90 Å². The molecule has 28 heavy (non-hydrogen) atoms. The van der Waals surface area contributed by atoms with Crippen LogP contribution < -0.4 is 0 Å². The maximum absolute atomic E-state index is 12.7. The Balaban J connectivity index is 1.39. The summed E-state index contributed by atoms with van der Waals surface area (Å²) in [6.45, 7) is 9.35. The highest BCUT2D eigenvalue weighted by Gasteiger charge is 2.43. The molecule has 0 bridgehead atoms. The van der Waals surface area contributed by atoms with E-state index in [1.807, 2.05) is 4.90 Å². The number of amides is 1. The van der Waals surface area contributed by atoms with Crippen molar-refractivity contribution in [2.45, 2.75) is 45.6 Å². The molecule has 5 nitrogen and oxygen atoms in total. The van der Waals surface area contributed by atoms with Crippen LogP contribution in [0.15, 0.2) is 42.9 Å². The zero-order valence-electron chi connectivity index (χ0n) is 17.0. The van der Waals surface area contributed by atoms with Gasteiger partial charge in [-0.3, -0.25) is 14.7 Å². The van der Waals surface area contributed by atoms with Gasteiger partial charge in [-0.2, -0.15) is 0 Å². The van der Waals surface area contributed by atoms with Gasteiger partial charge in [-0.1, -0.05) is 38.1 Å². The van der Waals surface area contributed by atoms with Gasteiger partial charge in [0, 0.05) is 44.0 Å². The third-order valence-corrected chi connectivity index (χ3v) is 6.30. The highest BCUT2D eigenvalue weighted by Crippen LogP contribution is 2.39. The summed E-state index contributed by atoms with van der Waals surface area (Å²) in [6, 6.07) is 9.07. The van der Waals surface area contributed by atoms with Crippen LogP contribution in [-0.2, 0) is 6.54 Å². The van der Waals surface area contributed by atoms with E-state index < -0.39 is 0 Å². The molecule has 3 heterocycles. The predicted molar refractivity (Wildman–Crippen MR) is 110 cm³/mol. The molecule has 148 valence electrons. The number of piperidine rings is 1. The molecule has 0 saturated carbocycles. The summed E-state index contributed by atoms with van der Waals surface area (Å²) in [5, 5.41) is 0. The van der Waals surface area contributed by atoms with Crippen molar-refractivity contribution in [3.05, 3.63) is 59.7 Å². The maximum Gasteiger partial charge on any atom is 0.274 e. The number of likely N-dealkylation sites (tertiary alicyclic amines) is 2. The third-order valence-electron chi connectivity index (χ3n) is 6.30. The molecule has 2 fully saturated rings. The second-order valence-corrected chi connectivity index (χ2v) is 8.78. The molecule has 1 spiro atoms. The Morgan fingerprint density at radius 2 is 1.93 bits per heavy atom. The van der Waals surface area contributed by atoms with Crippen LogP contribution in [0.4, 0.5) is 0 Å². The number of rotatable bonds is 4. The molecule has 2 aromatic rings. The predicted octanol–water partition coefficient (Wildman–Crippen LogP) is 3.73. The van der Waals surface area contributed by atoms with E-state index in [4.69, 9.17) is 0 Å². The Labute approximate surface area is 167 Å². The lowest BCUT2D eigenvalue weighted by atomic mass is 9.79. The van der Waals surface area contributed by atoms with Crippen molar-refractivity contribution < 1.29 is 4.79 Å². The Morgan fingerprint density at radius 3 is 2.64 bits per heavy atom. The molecular formula is C23H30N4O. The van der Waals surface area contributed by atoms with Gasteiger partial charge in [-0.25, -0.2) is 4.98 Å². The van der Waals surface area contributed by atoms with Crippen LogP contribution in [0.5, 0.6) is 0 Å². The zero-order chi connectivity index (χ0) is 19.6. The van der Waals surface area contributed by atoms with E-state index in [0.29, 0.717) is 11.6 Å². The summed E-state index contributed by atoms with van der Waals surface area (Å²) in [6.07, 6.45) is 8.27. The molecule has 1 atom stereocenters. The van der Waals surface area contributed by atoms with E-state index in [-0.39, 0.29) is 11.3 Å². The molecule has 0 aliphatic carbocycles. The number of carbonyl (C=O) groups excluding carboxylic acids is 1. The monoisotopic (exact) mass is 378 g/mol. The Morgan fingerprint density at radius 1 is 1.11 bits per heavy atom. The average molecular weight is 379 g/mol. The van der Waals surface area contributed by atoms with Crippen molar-refractivity contribution in [1.29, 1.82) is 0 Å². The molecule has 0 N–H and O–H groups in total. The van der Waals surface area contributed by atoms with Crippen LogP contribution in [0.2, 0.25) is 0 Å². The molecule has 5 heteroatoms. The van der Waals surface area contributed by atoms with Crippen molar-refractivity contribution >= 4 is 5.91 Å². The van der Waals surface area contributed by atoms with E-state index in [1.54, 1.807) is 18.6 Å². The smallest absolute Gasteiger partial charge is 0.274 e. The molecule has 1 aromatic carbocycles. The summed E-state index contributed by atoms with van der Waals surface area (Å²) in [5.74, 6) is 0.593. The number of hydrogen-bond acceptors (Lipinski definition) is 4. The van der Waals surface area contributed by atoms with Crippen LogP contribution in [0.3, 0.4) is 0 Å². The van der Waals surface area contributed by atoms with Crippen molar-refractivity contribution in [2.24, 2.45) is 5.41 Å². The van der Waals surface area contributed by atoms with Gasteiger partial charge in [-0.15, -0.1) is 0 Å². The fourth-order valence-corrected chi connectivity index (χ4v) is 4.72. The Kier molecular flexibility index (Phi) is 5.44. The summed E-state index contributed by atoms with van der Waals surface area (Å²) >= 11 is 0. The van der Waals surface area contributed by atoms with Crippen molar-refractivity contribution in [2.75, 3.05) is 26.2 Å². The highest BCUT2D eigenvalue weighted by atomic mass is 16.2. The first kappa shape index (κ1) is 19.1. The van der Waals surface area contributed by atoms with Crippen LogP contribution in [0.1, 0.15) is 60.6 Å². The molecule has 0 unspecified atom stereocenters. The minimum Gasteiger partial charge on any atom is -0.337 e. The van der Waals surface area contributed by atoms with E-state index in [9.17, 15) is 4.79 Å². The summed E-state index contributed by atoms with van der Waals surface area (Å²) < 4.78 is 0. The highest BCUT2D eigenvalue weighted by molar-refractivity contribution is 5.92. The Hall–Kier alpha value is -2.27. The van der Waals surface area contributed by atoms with Crippen LogP contribution in [0, 0.1) is 5.41 Å². The lowest BCUT2D eigenvalue weighted by molar-refractivity contribution is 0.0670. The molecular weight excluding hydrogens is 348 g/mol. The van der Waals surface area contributed by atoms with Crippen LogP contribution in [0.25, 0.3) is 0 Å². The minimum atomic E-state index is 0.0198. The fourth-order valence-electron chi connectivity index (χ4n) is 4.72. The molecule has 2 aliphatic heterocycles. The van der Waals surface area contributed by atoms with Crippen molar-refractivity contribution in [1.82, 2.24) is 19.8 Å². The average Bonchev–Trinajstić information content (AvgIpc) is 3.11. The van der Waals surface area contributed by atoms with Crippen molar-refractivity contribution in [3.63, 3.8) is 0 Å². The van der Waals surface area contributed by atoms with Gasteiger partial charge >= 0.3 is 0 Å². The summed E-state index contributed by atoms with van der Waals surface area (Å²) in [7, 11) is 0. The number of hydrogen-bond donors (Lipinski definition) is 0. The van der Waals surface area contributed by atoms with Gasteiger partial charge in [0.25, 0.3) is 5.91 Å². The minimum absolute atomic E-state index is 0.0198. The molecule has 2 saturated heterocycles. The fraction of sp³-hybridized carbons (Fsp3) is 0.522. The zero-order valence-corrected chi connectivity index (χ0v) is 17.0. The van der Waals surface area contributed by atoms with E-state index in [2.05, 4.69) is 53.0 Å². The quantitative estimate of drug-likeness (QED) is 0.813. The standard InChI is InChI=1S/C23H30N4O/c1-18(2)20-6-4-19(5-7-20)15-26-12-3-8-23(16-26)9-13-27(17-23)22(28)21-14-24-10-11-25-21/h4-7,10-11,14,18H,3,8-9,12-13,15-17H2,1-2H3/t23-/m0/s1. The van der Waals surface area contributed by atoms with Crippen LogP contribution in [-0.4, -0.2) is 51.9 Å². The molecule has 0 radical (unpaired) electrons. The third kappa shape index (κ3) is 4.09. The topological polar surface area (TPSA) is 49.3 Å². The second kappa shape index (κ2) is 8.00. The molecule has 1 aromatic heterocycles. The number of carbonyl (C=O) groups is 1. The first-order valence-electron chi connectivity index (χ1n) is 10.4. The summed E-state index contributed by atoms with van der Waals surface area (Å²) in [5.41, 5.74) is 3.46. The van der Waals surface area contributed by atoms with Gasteiger partial charge in [0.1, 0.15) is 5.69 Å². The number of benzene rings is 1. The first-order valence-corrected chi connectivity index (χ1v) is 10.4. The number of aromatic nitrogens is 2. The summed E-state index contributed by atoms with van der Waals surface area (Å²) in [4.78, 5) is 25.5. The van der Waals surface area contributed by atoms with Gasteiger partial charge in [-0.05, 0) is 42.9 Å². The largest absolute Gasteiger partial charge is 0.337 e. The van der Waals surface area contributed by atoms with Gasteiger partial charge in [0.15, 0.2) is 0 Å². The Bertz CT molecular complexity index is 805. The van der Waals surface area contributed by atoms with Gasteiger partial charge in [0.05, 0.1) is 6.20 Å². The number of nitrogens with zero attached hydrogens (tertiary/aromatic N) is 4. The lowest BCUT2D eigenvalue weighted by Crippen LogP contribution is -2.45. The van der Waals surface area contributed by atoms with E-state index >= 15 is 0 Å². The van der Waals surface area contributed by atoms with E-state index in [0.717, 1.165) is 39.1 Å². The molecule has 4 rings (SSSR count). The second-order valence-electron chi connectivity index (χ2n) is 8.78. The molecule has 1 amide bonds. The normalized spacial score (nSPS) is 22.9. The van der Waals surface area contributed by atoms with Crippen LogP contribution >= 0.6 is 0 Å². The maximum atomic E-state index is 12.7. The van der Waals surface area contributed by atoms with Gasteiger partial charge in [0.2, 0.25) is 0 Å². The van der Waals surface area contributed by atoms with E-state index in [1.165, 1.54) is 24.0 Å².